The average molecular weight is 286 g/mol. The Bertz CT molecular complexity index is 435. The molecule has 1 aromatic carbocycles. The number of fused-ring (bicyclic) bond motifs is 1. The molecule has 1 atom stereocenters. The lowest BCUT2D eigenvalue weighted by Crippen LogP contribution is -2.38. The Hall–Kier alpha value is -0.860. The molecule has 1 aliphatic carbocycles. The molecule has 1 aliphatic heterocycles. The molecule has 21 heavy (non-hydrogen) atoms. The van der Waals surface area contributed by atoms with E-state index in [0.29, 0.717) is 6.04 Å². The number of benzene rings is 1. The summed E-state index contributed by atoms with van der Waals surface area (Å²) in [5.74, 6) is 0.946. The molecular weight excluding hydrogens is 256 g/mol. The zero-order valence-electron chi connectivity index (χ0n) is 13.5. The smallest absolute Gasteiger partial charge is 0.0111 e. The summed E-state index contributed by atoms with van der Waals surface area (Å²) in [7, 11) is 0. The second-order valence-electron chi connectivity index (χ2n) is 7.04. The molecule has 2 nitrogen and oxygen atoms in total. The minimum absolute atomic E-state index is 0.696. The highest BCUT2D eigenvalue weighted by Crippen LogP contribution is 2.21. The van der Waals surface area contributed by atoms with E-state index in [0.717, 1.165) is 5.92 Å². The van der Waals surface area contributed by atoms with Crippen molar-refractivity contribution in [3.63, 3.8) is 0 Å². The Morgan fingerprint density at radius 2 is 1.86 bits per heavy atom. The molecule has 0 bridgehead atoms. The Kier molecular flexibility index (Phi) is 5.32. The Morgan fingerprint density at radius 3 is 2.67 bits per heavy atom. The van der Waals surface area contributed by atoms with Gasteiger partial charge < -0.3 is 10.2 Å². The third kappa shape index (κ3) is 4.31. The highest BCUT2D eigenvalue weighted by atomic mass is 15.1. The summed E-state index contributed by atoms with van der Waals surface area (Å²) in [6.07, 6.45) is 7.86. The lowest BCUT2D eigenvalue weighted by Gasteiger charge is -2.30. The predicted molar refractivity (Wildman–Crippen MR) is 89.7 cm³/mol. The Balaban J connectivity index is 1.33. The van der Waals surface area contributed by atoms with Crippen LogP contribution in [0, 0.1) is 5.92 Å². The number of likely N-dealkylation sites (tertiary alicyclic amines) is 1. The first kappa shape index (κ1) is 15.1. The molecule has 116 valence electrons. The average Bonchev–Trinajstić information content (AvgIpc) is 2.53. The summed E-state index contributed by atoms with van der Waals surface area (Å²) in [6, 6.07) is 9.65. The Labute approximate surface area is 129 Å². The van der Waals surface area contributed by atoms with Crippen molar-refractivity contribution in [1.29, 1.82) is 0 Å². The number of nitrogens with zero attached hydrogens (tertiary/aromatic N) is 1. The number of nitrogens with one attached hydrogen (secondary N) is 1. The Morgan fingerprint density at radius 1 is 1.10 bits per heavy atom. The standard InChI is InChI=1S/C19H30N2/c1-16-9-13-21(14-10-16)12-4-11-20-19-8-7-17-5-2-3-6-18(17)15-19/h2-3,5-6,16,19-20H,4,7-15H2,1H3. The van der Waals surface area contributed by atoms with E-state index in [1.807, 2.05) is 0 Å². The van der Waals surface area contributed by atoms with E-state index in [-0.39, 0.29) is 0 Å². The van der Waals surface area contributed by atoms with Gasteiger partial charge >= 0.3 is 0 Å². The van der Waals surface area contributed by atoms with E-state index in [2.05, 4.69) is 41.4 Å². The van der Waals surface area contributed by atoms with E-state index in [9.17, 15) is 0 Å². The van der Waals surface area contributed by atoms with E-state index in [1.165, 1.54) is 64.7 Å². The summed E-state index contributed by atoms with van der Waals surface area (Å²) < 4.78 is 0. The molecule has 2 aliphatic rings. The maximum atomic E-state index is 3.78. The van der Waals surface area contributed by atoms with Gasteiger partial charge in [-0.1, -0.05) is 31.2 Å². The summed E-state index contributed by atoms with van der Waals surface area (Å²) in [6.45, 7) is 7.48. The van der Waals surface area contributed by atoms with Crippen molar-refractivity contribution < 1.29 is 0 Å². The van der Waals surface area contributed by atoms with Crippen molar-refractivity contribution in [3.8, 4) is 0 Å². The van der Waals surface area contributed by atoms with Gasteiger partial charge in [0.25, 0.3) is 0 Å². The van der Waals surface area contributed by atoms with Crippen LogP contribution in [0.1, 0.15) is 43.7 Å². The molecule has 1 N–H and O–H groups in total. The summed E-state index contributed by atoms with van der Waals surface area (Å²) in [5.41, 5.74) is 3.13. The third-order valence-electron chi connectivity index (χ3n) is 5.31. The van der Waals surface area contributed by atoms with Crippen LogP contribution in [0.15, 0.2) is 24.3 Å². The first-order valence-corrected chi connectivity index (χ1v) is 8.84. The fraction of sp³-hybridized carbons (Fsp3) is 0.684. The van der Waals surface area contributed by atoms with Crippen molar-refractivity contribution in [2.24, 2.45) is 5.92 Å². The fourth-order valence-corrected chi connectivity index (χ4v) is 3.77. The first-order valence-electron chi connectivity index (χ1n) is 8.84. The maximum absolute atomic E-state index is 3.78. The molecule has 1 aromatic rings. The lowest BCUT2D eigenvalue weighted by molar-refractivity contribution is 0.189. The van der Waals surface area contributed by atoms with Gasteiger partial charge in [0.1, 0.15) is 0 Å². The minimum Gasteiger partial charge on any atom is -0.314 e. The van der Waals surface area contributed by atoms with Gasteiger partial charge in [-0.3, -0.25) is 0 Å². The topological polar surface area (TPSA) is 15.3 Å². The van der Waals surface area contributed by atoms with Crippen LogP contribution in [-0.2, 0) is 12.8 Å². The second kappa shape index (κ2) is 7.42. The molecule has 0 spiro atoms. The number of rotatable bonds is 5. The number of hydrogen-bond acceptors (Lipinski definition) is 2. The summed E-state index contributed by atoms with van der Waals surface area (Å²) in [4.78, 5) is 2.65. The lowest BCUT2D eigenvalue weighted by atomic mass is 9.88. The van der Waals surface area contributed by atoms with E-state index < -0.39 is 0 Å². The van der Waals surface area contributed by atoms with Crippen molar-refractivity contribution >= 4 is 0 Å². The maximum Gasteiger partial charge on any atom is 0.0111 e. The molecule has 1 fully saturated rings. The van der Waals surface area contributed by atoms with Crippen molar-refractivity contribution in [3.05, 3.63) is 35.4 Å². The second-order valence-corrected chi connectivity index (χ2v) is 7.04. The number of hydrogen-bond donors (Lipinski definition) is 1. The van der Waals surface area contributed by atoms with E-state index in [1.54, 1.807) is 11.1 Å². The van der Waals surface area contributed by atoms with Crippen LogP contribution < -0.4 is 5.32 Å². The third-order valence-corrected chi connectivity index (χ3v) is 5.31. The number of piperidine rings is 1. The van der Waals surface area contributed by atoms with Crippen LogP contribution in [0.25, 0.3) is 0 Å². The van der Waals surface area contributed by atoms with Gasteiger partial charge in [-0.15, -0.1) is 0 Å². The molecule has 0 amide bonds. The molecule has 2 heteroatoms. The van der Waals surface area contributed by atoms with Crippen molar-refractivity contribution in [2.75, 3.05) is 26.2 Å². The van der Waals surface area contributed by atoms with E-state index in [4.69, 9.17) is 0 Å². The SMILES string of the molecule is CC1CCN(CCCNC2CCc3ccccc3C2)CC1. The molecule has 0 saturated carbocycles. The van der Waals surface area contributed by atoms with Crippen LogP contribution in [0.3, 0.4) is 0 Å². The van der Waals surface area contributed by atoms with Crippen LogP contribution >= 0.6 is 0 Å². The fourth-order valence-electron chi connectivity index (χ4n) is 3.77. The highest BCUT2D eigenvalue weighted by Gasteiger charge is 2.18. The molecule has 1 unspecified atom stereocenters. The van der Waals surface area contributed by atoms with Crippen LogP contribution in [0.5, 0.6) is 0 Å². The number of aryl methyl sites for hydroxylation is 1. The van der Waals surface area contributed by atoms with Gasteiger partial charge in [0, 0.05) is 6.04 Å². The predicted octanol–water partition coefficient (Wildman–Crippen LogP) is 3.26. The first-order chi connectivity index (χ1) is 10.3. The quantitative estimate of drug-likeness (QED) is 0.836. The highest BCUT2D eigenvalue weighted by molar-refractivity contribution is 5.30. The van der Waals surface area contributed by atoms with Crippen molar-refractivity contribution in [2.45, 2.75) is 51.5 Å². The van der Waals surface area contributed by atoms with Crippen LogP contribution in [0.2, 0.25) is 0 Å². The molecule has 1 heterocycles. The minimum atomic E-state index is 0.696. The van der Waals surface area contributed by atoms with E-state index >= 15 is 0 Å². The molecule has 1 saturated heterocycles. The van der Waals surface area contributed by atoms with Crippen LogP contribution in [0.4, 0.5) is 0 Å². The zero-order chi connectivity index (χ0) is 14.5. The zero-order valence-corrected chi connectivity index (χ0v) is 13.5. The van der Waals surface area contributed by atoms with Gasteiger partial charge in [0.15, 0.2) is 0 Å². The van der Waals surface area contributed by atoms with Crippen LogP contribution in [-0.4, -0.2) is 37.1 Å². The van der Waals surface area contributed by atoms with Gasteiger partial charge in [-0.25, -0.2) is 0 Å². The molecular formula is C19H30N2. The largest absolute Gasteiger partial charge is 0.314 e. The normalized spacial score (nSPS) is 24.0. The molecule has 3 rings (SSSR count). The summed E-state index contributed by atoms with van der Waals surface area (Å²) >= 11 is 0. The van der Waals surface area contributed by atoms with Gasteiger partial charge in [-0.2, -0.15) is 0 Å². The molecule has 0 aromatic heterocycles. The van der Waals surface area contributed by atoms with Gasteiger partial charge in [0.2, 0.25) is 0 Å². The van der Waals surface area contributed by atoms with Gasteiger partial charge in [-0.05, 0) is 81.7 Å². The molecule has 0 radical (unpaired) electrons. The van der Waals surface area contributed by atoms with Gasteiger partial charge in [0.05, 0.1) is 0 Å². The monoisotopic (exact) mass is 286 g/mol. The van der Waals surface area contributed by atoms with Crippen molar-refractivity contribution in [1.82, 2.24) is 10.2 Å². The summed E-state index contributed by atoms with van der Waals surface area (Å²) in [5, 5.41) is 3.78.